The number of halogens is 2. The molecule has 5 heteroatoms. The molecule has 0 bridgehead atoms. The van der Waals surface area contributed by atoms with Crippen LogP contribution in [0.3, 0.4) is 0 Å². The minimum atomic E-state index is 0.661. The summed E-state index contributed by atoms with van der Waals surface area (Å²) >= 11 is 12.7. The molecule has 0 spiro atoms. The Morgan fingerprint density at radius 1 is 0.900 bits per heavy atom. The first-order valence-corrected chi connectivity index (χ1v) is 10.9. The molecular weight excluding hydrogens is 415 g/mol. The molecule has 0 aliphatic heterocycles. The largest absolute Gasteiger partial charge is 0.494 e. The highest BCUT2D eigenvalue weighted by molar-refractivity contribution is 6.33. The summed E-state index contributed by atoms with van der Waals surface area (Å²) in [6, 6.07) is 20.1. The smallest absolute Gasteiger partial charge is 0.142 e. The lowest BCUT2D eigenvalue weighted by Crippen LogP contribution is -2.04. The van der Waals surface area contributed by atoms with E-state index in [2.05, 4.69) is 10.6 Å². The second-order valence-corrected chi connectivity index (χ2v) is 8.27. The van der Waals surface area contributed by atoms with Crippen LogP contribution in [-0.4, -0.2) is 16.2 Å². The van der Waals surface area contributed by atoms with Crippen molar-refractivity contribution >= 4 is 34.2 Å². The number of unbranched alkanes of at least 4 members (excludes halogenated alkanes) is 1. The molecule has 1 heterocycles. The molecule has 0 N–H and O–H groups in total. The maximum Gasteiger partial charge on any atom is 0.142 e. The van der Waals surface area contributed by atoms with Crippen LogP contribution in [0.15, 0.2) is 60.7 Å². The number of fused-ring (bicyclic) bond motifs is 1. The van der Waals surface area contributed by atoms with E-state index in [0.29, 0.717) is 11.6 Å². The normalized spacial score (nSPS) is 11.2. The molecule has 0 atom stereocenters. The third-order valence-electron chi connectivity index (χ3n) is 5.22. The third-order valence-corrected chi connectivity index (χ3v) is 6.15. The summed E-state index contributed by atoms with van der Waals surface area (Å²) in [7, 11) is 0. The topological polar surface area (TPSA) is 27.1 Å². The third kappa shape index (κ3) is 4.33. The van der Waals surface area contributed by atoms with Gasteiger partial charge < -0.3 is 9.30 Å². The Morgan fingerprint density at radius 2 is 1.60 bits per heavy atom. The molecular formula is C25H24Cl2N2O. The van der Waals surface area contributed by atoms with Crippen molar-refractivity contribution in [1.82, 2.24) is 9.55 Å². The van der Waals surface area contributed by atoms with Crippen molar-refractivity contribution in [2.75, 3.05) is 6.61 Å². The summed E-state index contributed by atoms with van der Waals surface area (Å²) in [6.07, 6.45) is 1.92. The maximum atomic E-state index is 6.46. The predicted octanol–water partition coefficient (Wildman–Crippen LogP) is 7.49. The second-order valence-electron chi connectivity index (χ2n) is 7.48. The summed E-state index contributed by atoms with van der Waals surface area (Å²) in [4.78, 5) is 4.85. The number of hydrogen-bond acceptors (Lipinski definition) is 2. The summed E-state index contributed by atoms with van der Waals surface area (Å²) in [6.45, 7) is 5.52. The quantitative estimate of drug-likeness (QED) is 0.279. The summed E-state index contributed by atoms with van der Waals surface area (Å²) in [5.74, 6) is 1.78. The van der Waals surface area contributed by atoms with Crippen molar-refractivity contribution in [3.8, 4) is 17.1 Å². The molecule has 30 heavy (non-hydrogen) atoms. The fraction of sp³-hybridized carbons (Fsp3) is 0.240. The van der Waals surface area contributed by atoms with Gasteiger partial charge in [-0.3, -0.25) is 0 Å². The zero-order chi connectivity index (χ0) is 21.1. The molecule has 0 unspecified atom stereocenters. The van der Waals surface area contributed by atoms with Crippen LogP contribution in [0.5, 0.6) is 5.75 Å². The van der Waals surface area contributed by atoms with Gasteiger partial charge in [-0.05, 0) is 74.2 Å². The minimum absolute atomic E-state index is 0.661. The Bertz CT molecular complexity index is 1160. The molecule has 4 rings (SSSR count). The van der Waals surface area contributed by atoms with Crippen molar-refractivity contribution in [2.24, 2.45) is 0 Å². The molecule has 154 valence electrons. The van der Waals surface area contributed by atoms with Crippen molar-refractivity contribution < 1.29 is 4.74 Å². The van der Waals surface area contributed by atoms with E-state index in [9.17, 15) is 0 Å². The van der Waals surface area contributed by atoms with Crippen LogP contribution < -0.4 is 4.74 Å². The van der Waals surface area contributed by atoms with E-state index in [0.717, 1.165) is 63.7 Å². The standard InChI is InChI=1S/C25H24Cl2N2O/c1-17-15-19(16-18(2)24(17)27)30-14-8-7-13-29-23-12-6-5-11-22(23)28-25(29)20-9-3-4-10-21(20)26/h3-6,9-12,15-16H,7-8,13-14H2,1-2H3. The maximum absolute atomic E-state index is 6.46. The van der Waals surface area contributed by atoms with Crippen LogP contribution in [0.25, 0.3) is 22.4 Å². The molecule has 0 saturated heterocycles. The van der Waals surface area contributed by atoms with Crippen molar-refractivity contribution in [1.29, 1.82) is 0 Å². The van der Waals surface area contributed by atoms with Crippen LogP contribution in [0.1, 0.15) is 24.0 Å². The number of nitrogens with zero attached hydrogens (tertiary/aromatic N) is 2. The van der Waals surface area contributed by atoms with Crippen molar-refractivity contribution in [2.45, 2.75) is 33.2 Å². The first-order chi connectivity index (χ1) is 14.5. The van der Waals surface area contributed by atoms with Crippen LogP contribution in [-0.2, 0) is 6.54 Å². The van der Waals surface area contributed by atoms with E-state index < -0.39 is 0 Å². The van der Waals surface area contributed by atoms with Crippen molar-refractivity contribution in [3.63, 3.8) is 0 Å². The SMILES string of the molecule is Cc1cc(OCCCCn2c(-c3ccccc3Cl)nc3ccccc32)cc(C)c1Cl. The number of hydrogen-bond donors (Lipinski definition) is 0. The molecule has 0 aliphatic rings. The number of aromatic nitrogens is 2. The van der Waals surface area contributed by atoms with Gasteiger partial charge in [0.05, 0.1) is 22.7 Å². The Morgan fingerprint density at radius 3 is 2.37 bits per heavy atom. The first-order valence-electron chi connectivity index (χ1n) is 10.1. The Kier molecular flexibility index (Phi) is 6.31. The summed E-state index contributed by atoms with van der Waals surface area (Å²) in [5, 5.41) is 1.52. The van der Waals surface area contributed by atoms with Crippen LogP contribution in [0, 0.1) is 13.8 Å². The van der Waals surface area contributed by atoms with Gasteiger partial charge in [0.15, 0.2) is 0 Å². The summed E-state index contributed by atoms with van der Waals surface area (Å²) < 4.78 is 8.22. The first kappa shape index (κ1) is 20.8. The van der Waals surface area contributed by atoms with E-state index >= 15 is 0 Å². The Balaban J connectivity index is 1.46. The molecule has 3 nitrogen and oxygen atoms in total. The monoisotopic (exact) mass is 438 g/mol. The van der Waals surface area contributed by atoms with Gasteiger partial charge in [-0.25, -0.2) is 4.98 Å². The lowest BCUT2D eigenvalue weighted by molar-refractivity contribution is 0.303. The average molecular weight is 439 g/mol. The number of ether oxygens (including phenoxy) is 1. The molecule has 0 aliphatic carbocycles. The van der Waals surface area contributed by atoms with Gasteiger partial charge in [0.1, 0.15) is 11.6 Å². The average Bonchev–Trinajstić information content (AvgIpc) is 3.10. The highest BCUT2D eigenvalue weighted by Gasteiger charge is 2.14. The van der Waals surface area contributed by atoms with E-state index in [4.69, 9.17) is 32.9 Å². The lowest BCUT2D eigenvalue weighted by atomic mass is 10.1. The van der Waals surface area contributed by atoms with Gasteiger partial charge in [-0.15, -0.1) is 0 Å². The fourth-order valence-electron chi connectivity index (χ4n) is 3.70. The van der Waals surface area contributed by atoms with Gasteiger partial charge in [0.2, 0.25) is 0 Å². The lowest BCUT2D eigenvalue weighted by Gasteiger charge is -2.12. The van der Waals surface area contributed by atoms with Gasteiger partial charge in [-0.1, -0.05) is 47.5 Å². The Hall–Kier alpha value is -2.49. The van der Waals surface area contributed by atoms with Gasteiger partial charge >= 0.3 is 0 Å². The van der Waals surface area contributed by atoms with E-state index in [1.807, 2.05) is 68.4 Å². The molecule has 3 aromatic carbocycles. The molecule has 4 aromatic rings. The molecule has 0 fully saturated rings. The molecule has 0 saturated carbocycles. The van der Waals surface area contributed by atoms with Crippen LogP contribution >= 0.6 is 23.2 Å². The zero-order valence-corrected chi connectivity index (χ0v) is 18.7. The van der Waals surface area contributed by atoms with Crippen molar-refractivity contribution in [3.05, 3.63) is 81.8 Å². The van der Waals surface area contributed by atoms with Gasteiger partial charge in [0, 0.05) is 17.1 Å². The molecule has 0 radical (unpaired) electrons. The highest BCUT2D eigenvalue weighted by atomic mass is 35.5. The van der Waals surface area contributed by atoms with Gasteiger partial charge in [-0.2, -0.15) is 0 Å². The number of rotatable bonds is 7. The number of benzene rings is 3. The molecule has 0 amide bonds. The van der Waals surface area contributed by atoms with E-state index in [1.54, 1.807) is 0 Å². The predicted molar refractivity (Wildman–Crippen MR) is 126 cm³/mol. The summed E-state index contributed by atoms with van der Waals surface area (Å²) in [5.41, 5.74) is 5.15. The second kappa shape index (κ2) is 9.11. The number of imidazole rings is 1. The van der Waals surface area contributed by atoms with Crippen LogP contribution in [0.4, 0.5) is 0 Å². The highest BCUT2D eigenvalue weighted by Crippen LogP contribution is 2.30. The zero-order valence-electron chi connectivity index (χ0n) is 17.2. The molecule has 1 aromatic heterocycles. The Labute approximate surface area is 187 Å². The minimum Gasteiger partial charge on any atom is -0.494 e. The number of aryl methyl sites for hydroxylation is 3. The van der Waals surface area contributed by atoms with Crippen LogP contribution in [0.2, 0.25) is 10.0 Å². The van der Waals surface area contributed by atoms with E-state index in [-0.39, 0.29) is 0 Å². The number of para-hydroxylation sites is 2. The van der Waals surface area contributed by atoms with E-state index in [1.165, 1.54) is 0 Å². The fourth-order valence-corrected chi connectivity index (χ4v) is 4.03. The van der Waals surface area contributed by atoms with Gasteiger partial charge in [0.25, 0.3) is 0 Å².